The van der Waals surface area contributed by atoms with Gasteiger partial charge in [0, 0.05) is 24.7 Å². The first-order valence-corrected chi connectivity index (χ1v) is 13.0. The van der Waals surface area contributed by atoms with Crippen LogP contribution in [-0.2, 0) is 15.7 Å². The number of halogens is 2. The van der Waals surface area contributed by atoms with Gasteiger partial charge in [0.1, 0.15) is 5.67 Å². The summed E-state index contributed by atoms with van der Waals surface area (Å²) in [4.78, 5) is 6.62. The summed E-state index contributed by atoms with van der Waals surface area (Å²) in [5.41, 5.74) is 1.52. The molecule has 0 bridgehead atoms. The fourth-order valence-corrected chi connectivity index (χ4v) is 6.18. The third-order valence-electron chi connectivity index (χ3n) is 6.64. The normalized spacial score (nSPS) is 16.7. The van der Waals surface area contributed by atoms with E-state index < -0.39 is 15.7 Å². The quantitative estimate of drug-likeness (QED) is 0.358. The van der Waals surface area contributed by atoms with Gasteiger partial charge in [-0.3, -0.25) is 0 Å². The number of likely N-dealkylation sites (tertiary alicyclic amines) is 1. The molecule has 0 spiro atoms. The van der Waals surface area contributed by atoms with Gasteiger partial charge in [-0.05, 0) is 62.2 Å². The van der Waals surface area contributed by atoms with Crippen molar-refractivity contribution in [1.82, 2.24) is 13.9 Å². The zero-order valence-corrected chi connectivity index (χ0v) is 20.6. The van der Waals surface area contributed by atoms with Gasteiger partial charge in [-0.25, -0.2) is 21.8 Å². The predicted molar refractivity (Wildman–Crippen MR) is 133 cm³/mol. The Bertz CT molecular complexity index is 1460. The number of aryl methyl sites for hydroxylation is 1. The van der Waals surface area contributed by atoms with Crippen LogP contribution in [0.15, 0.2) is 71.8 Å². The molecule has 3 heterocycles. The molecule has 1 aliphatic heterocycles. The van der Waals surface area contributed by atoms with Gasteiger partial charge in [-0.2, -0.15) is 0 Å². The lowest BCUT2D eigenvalue weighted by Gasteiger charge is -2.34. The molecule has 2 aromatic heterocycles. The third kappa shape index (κ3) is 3.91. The molecule has 1 saturated heterocycles. The molecule has 5 nitrogen and oxygen atoms in total. The Morgan fingerprint density at radius 2 is 1.65 bits per heavy atom. The van der Waals surface area contributed by atoms with Crippen LogP contribution in [0.4, 0.5) is 4.39 Å². The number of fused-ring (bicyclic) bond motifs is 1. The van der Waals surface area contributed by atoms with Gasteiger partial charge in [-0.1, -0.05) is 53.6 Å². The molecule has 1 aliphatic rings. The minimum Gasteiger partial charge on any atom is -0.306 e. The Kier molecular flexibility index (Phi) is 5.74. The fraction of sp³-hybridized carbons (Fsp3) is 0.269. The lowest BCUT2D eigenvalue weighted by atomic mass is 9.86. The number of rotatable bonds is 4. The highest BCUT2D eigenvalue weighted by molar-refractivity contribution is 7.90. The summed E-state index contributed by atoms with van der Waals surface area (Å²) in [6.45, 7) is 3.30. The minimum atomic E-state index is -3.97. The van der Waals surface area contributed by atoms with Crippen molar-refractivity contribution in [2.45, 2.75) is 30.3 Å². The summed E-state index contributed by atoms with van der Waals surface area (Å²) in [5.74, 6) is 0. The van der Waals surface area contributed by atoms with E-state index in [0.717, 1.165) is 5.56 Å². The Morgan fingerprint density at radius 1 is 1.00 bits per heavy atom. The molecule has 0 amide bonds. The van der Waals surface area contributed by atoms with Crippen molar-refractivity contribution in [3.8, 4) is 11.3 Å². The van der Waals surface area contributed by atoms with Crippen molar-refractivity contribution < 1.29 is 12.8 Å². The van der Waals surface area contributed by atoms with E-state index in [1.54, 1.807) is 60.7 Å². The van der Waals surface area contributed by atoms with Gasteiger partial charge < -0.3 is 4.90 Å². The average Bonchev–Trinajstić information content (AvgIpc) is 3.23. The van der Waals surface area contributed by atoms with Crippen LogP contribution in [0.5, 0.6) is 0 Å². The number of nitrogens with zero attached hydrogens (tertiary/aromatic N) is 3. The molecule has 0 saturated carbocycles. The highest BCUT2D eigenvalue weighted by atomic mass is 35.5. The highest BCUT2D eigenvalue weighted by Crippen LogP contribution is 2.39. The van der Waals surface area contributed by atoms with Crippen LogP contribution in [-0.4, -0.2) is 42.4 Å². The van der Waals surface area contributed by atoms with Gasteiger partial charge in [0.2, 0.25) is 0 Å². The standard InChI is InChI=1S/C26H25ClFN3O2S/c1-18-3-9-21(10-4-18)34(32,33)31-24(17-22-23(27)11-14-29-25(22)31)19-5-7-20(8-6-19)26(28)12-15-30(2)16-13-26/h3-11,14,17H,12-13,15-16H2,1-2H3. The van der Waals surface area contributed by atoms with E-state index >= 15 is 4.39 Å². The second-order valence-electron chi connectivity index (χ2n) is 8.99. The van der Waals surface area contributed by atoms with E-state index in [9.17, 15) is 8.42 Å². The van der Waals surface area contributed by atoms with Crippen molar-refractivity contribution in [2.24, 2.45) is 0 Å². The van der Waals surface area contributed by atoms with E-state index in [1.807, 2.05) is 14.0 Å². The van der Waals surface area contributed by atoms with Crippen LogP contribution in [0, 0.1) is 6.92 Å². The molecule has 0 radical (unpaired) electrons. The molecule has 8 heteroatoms. The van der Waals surface area contributed by atoms with E-state index in [2.05, 4.69) is 9.88 Å². The van der Waals surface area contributed by atoms with Crippen molar-refractivity contribution in [3.05, 3.63) is 83.0 Å². The van der Waals surface area contributed by atoms with Crippen molar-refractivity contribution in [3.63, 3.8) is 0 Å². The Balaban J connectivity index is 1.64. The Labute approximate surface area is 203 Å². The van der Waals surface area contributed by atoms with Gasteiger partial charge in [0.05, 0.1) is 15.6 Å². The Morgan fingerprint density at radius 3 is 2.29 bits per heavy atom. The van der Waals surface area contributed by atoms with Crippen molar-refractivity contribution >= 4 is 32.7 Å². The maximum atomic E-state index is 15.6. The van der Waals surface area contributed by atoms with Gasteiger partial charge >= 0.3 is 0 Å². The molecule has 4 aromatic rings. The van der Waals surface area contributed by atoms with Crippen LogP contribution >= 0.6 is 11.6 Å². The van der Waals surface area contributed by atoms with E-state index in [1.165, 1.54) is 10.2 Å². The number of hydrogen-bond donors (Lipinski definition) is 0. The van der Waals surface area contributed by atoms with Crippen molar-refractivity contribution in [2.75, 3.05) is 20.1 Å². The number of hydrogen-bond acceptors (Lipinski definition) is 4. The molecule has 0 N–H and O–H groups in total. The van der Waals surface area contributed by atoms with E-state index in [4.69, 9.17) is 11.6 Å². The summed E-state index contributed by atoms with van der Waals surface area (Å²) in [6.07, 6.45) is 2.36. The van der Waals surface area contributed by atoms with E-state index in [-0.39, 0.29) is 10.5 Å². The average molecular weight is 498 g/mol. The molecule has 0 aliphatic carbocycles. The Hall–Kier alpha value is -2.74. The first-order valence-electron chi connectivity index (χ1n) is 11.2. The predicted octanol–water partition coefficient (Wildman–Crippen LogP) is 5.79. The first kappa shape index (κ1) is 23.0. The van der Waals surface area contributed by atoms with Crippen LogP contribution in [0.25, 0.3) is 22.3 Å². The lowest BCUT2D eigenvalue weighted by Crippen LogP contribution is -2.37. The van der Waals surface area contributed by atoms with Gasteiger partial charge in [0.15, 0.2) is 5.65 Å². The largest absolute Gasteiger partial charge is 0.306 e. The third-order valence-corrected chi connectivity index (χ3v) is 8.69. The summed E-state index contributed by atoms with van der Waals surface area (Å²) in [6, 6.07) is 17.1. The number of alkyl halides is 1. The maximum Gasteiger partial charge on any atom is 0.269 e. The molecule has 5 rings (SSSR count). The monoisotopic (exact) mass is 497 g/mol. The highest BCUT2D eigenvalue weighted by Gasteiger charge is 2.35. The SMILES string of the molecule is Cc1ccc(S(=O)(=O)n2c(-c3ccc(C4(F)CCN(C)CC4)cc3)cc3c(Cl)ccnc32)cc1. The zero-order chi connectivity index (χ0) is 24.1. The van der Waals surface area contributed by atoms with E-state index in [0.29, 0.717) is 53.2 Å². The number of aromatic nitrogens is 2. The molecule has 1 fully saturated rings. The van der Waals surface area contributed by atoms with Gasteiger partial charge in [0.25, 0.3) is 10.0 Å². The zero-order valence-electron chi connectivity index (χ0n) is 19.0. The van der Waals surface area contributed by atoms with Crippen LogP contribution in [0.3, 0.4) is 0 Å². The molecule has 0 atom stereocenters. The number of piperidine rings is 1. The molecular formula is C26H25ClFN3O2S. The topological polar surface area (TPSA) is 55.2 Å². The summed E-state index contributed by atoms with van der Waals surface area (Å²) >= 11 is 6.40. The van der Waals surface area contributed by atoms with Gasteiger partial charge in [-0.15, -0.1) is 0 Å². The van der Waals surface area contributed by atoms with Crippen molar-refractivity contribution in [1.29, 1.82) is 0 Å². The second kappa shape index (κ2) is 8.48. The molecule has 0 unspecified atom stereocenters. The maximum absolute atomic E-state index is 15.6. The molecular weight excluding hydrogens is 473 g/mol. The molecule has 34 heavy (non-hydrogen) atoms. The smallest absolute Gasteiger partial charge is 0.269 e. The minimum absolute atomic E-state index is 0.157. The lowest BCUT2D eigenvalue weighted by molar-refractivity contribution is 0.0674. The summed E-state index contributed by atoms with van der Waals surface area (Å²) in [7, 11) is -1.97. The molecule has 176 valence electrons. The van der Waals surface area contributed by atoms with Crippen LogP contribution in [0.1, 0.15) is 24.0 Å². The summed E-state index contributed by atoms with van der Waals surface area (Å²) < 4.78 is 44.3. The van der Waals surface area contributed by atoms with Crippen LogP contribution < -0.4 is 0 Å². The van der Waals surface area contributed by atoms with Crippen LogP contribution in [0.2, 0.25) is 5.02 Å². The molecule has 2 aromatic carbocycles. The fourth-order valence-electron chi connectivity index (χ4n) is 4.51. The number of benzene rings is 2. The second-order valence-corrected chi connectivity index (χ2v) is 11.2. The summed E-state index contributed by atoms with van der Waals surface area (Å²) in [5, 5.41) is 0.950. The number of pyridine rings is 1. The first-order chi connectivity index (χ1) is 16.2.